The van der Waals surface area contributed by atoms with E-state index in [9.17, 15) is 9.59 Å². The topological polar surface area (TPSA) is 85.7 Å². The Hall–Kier alpha value is -3.52. The number of piperidine rings is 1. The summed E-state index contributed by atoms with van der Waals surface area (Å²) in [5.41, 5.74) is 2.23. The number of rotatable bonds is 5. The lowest BCUT2D eigenvalue weighted by Gasteiger charge is -2.34. The van der Waals surface area contributed by atoms with Gasteiger partial charge in [-0.3, -0.25) is 4.79 Å². The molecule has 2 amide bonds. The Bertz CT molecular complexity index is 1210. The van der Waals surface area contributed by atoms with Crippen LogP contribution in [0, 0.1) is 0 Å². The number of halogens is 1. The van der Waals surface area contributed by atoms with Gasteiger partial charge < -0.3 is 19.7 Å². The predicted molar refractivity (Wildman–Crippen MR) is 139 cm³/mol. The Morgan fingerprint density at radius 2 is 1.67 bits per heavy atom. The molecular weight excluding hydrogens is 480 g/mol. The molecule has 0 radical (unpaired) electrons. The number of amides is 2. The summed E-state index contributed by atoms with van der Waals surface area (Å²) in [6.45, 7) is 6.64. The second-order valence-electron chi connectivity index (χ2n) is 9.76. The summed E-state index contributed by atoms with van der Waals surface area (Å²) in [4.78, 5) is 27.6. The van der Waals surface area contributed by atoms with Crippen molar-refractivity contribution in [1.82, 2.24) is 14.7 Å². The van der Waals surface area contributed by atoms with Crippen LogP contribution in [0.2, 0.25) is 5.02 Å². The first-order valence-corrected chi connectivity index (χ1v) is 12.3. The highest BCUT2D eigenvalue weighted by Gasteiger charge is 2.32. The number of benzene rings is 2. The molecule has 1 aromatic heterocycles. The van der Waals surface area contributed by atoms with Crippen LogP contribution in [0.4, 0.5) is 10.5 Å². The average Bonchev–Trinajstić information content (AvgIpc) is 3.29. The number of ether oxygens (including phenoxy) is 2. The van der Waals surface area contributed by atoms with Crippen LogP contribution < -0.4 is 10.1 Å². The molecular formula is C27H31ClN4O4. The lowest BCUT2D eigenvalue weighted by molar-refractivity contribution is 0.0203. The van der Waals surface area contributed by atoms with E-state index < -0.39 is 5.60 Å². The van der Waals surface area contributed by atoms with Crippen molar-refractivity contribution in [2.45, 2.75) is 45.1 Å². The minimum absolute atomic E-state index is 0.0264. The highest BCUT2D eigenvalue weighted by molar-refractivity contribution is 6.30. The van der Waals surface area contributed by atoms with E-state index in [-0.39, 0.29) is 17.9 Å². The van der Waals surface area contributed by atoms with Gasteiger partial charge in [0.25, 0.3) is 5.91 Å². The van der Waals surface area contributed by atoms with Crippen molar-refractivity contribution in [2.24, 2.45) is 0 Å². The number of methoxy groups -OCH3 is 1. The third kappa shape index (κ3) is 5.99. The Morgan fingerprint density at radius 1 is 1.03 bits per heavy atom. The van der Waals surface area contributed by atoms with Crippen LogP contribution >= 0.6 is 11.6 Å². The smallest absolute Gasteiger partial charge is 0.410 e. The monoisotopic (exact) mass is 510 g/mol. The summed E-state index contributed by atoms with van der Waals surface area (Å²) in [6, 6.07) is 14.5. The normalized spacial score (nSPS) is 14.4. The fourth-order valence-electron chi connectivity index (χ4n) is 4.25. The molecule has 8 nitrogen and oxygen atoms in total. The Morgan fingerprint density at radius 3 is 2.25 bits per heavy atom. The molecule has 0 aliphatic carbocycles. The fraction of sp³-hybridized carbons (Fsp3) is 0.370. The first kappa shape index (κ1) is 25.6. The number of nitrogens with zero attached hydrogens (tertiary/aromatic N) is 3. The van der Waals surface area contributed by atoms with Gasteiger partial charge in [-0.15, -0.1) is 0 Å². The van der Waals surface area contributed by atoms with Gasteiger partial charge in [-0.1, -0.05) is 11.6 Å². The van der Waals surface area contributed by atoms with Gasteiger partial charge in [0, 0.05) is 29.7 Å². The molecule has 0 spiro atoms. The average molecular weight is 511 g/mol. The summed E-state index contributed by atoms with van der Waals surface area (Å²) in [5, 5.41) is 8.15. The summed E-state index contributed by atoms with van der Waals surface area (Å²) in [7, 11) is 1.60. The molecule has 1 fully saturated rings. The van der Waals surface area contributed by atoms with Crippen LogP contribution in [0.25, 0.3) is 5.69 Å². The summed E-state index contributed by atoms with van der Waals surface area (Å²) in [5.74, 6) is 0.490. The number of likely N-dealkylation sites (tertiary alicyclic amines) is 1. The molecule has 1 saturated heterocycles. The van der Waals surface area contributed by atoms with Crippen molar-refractivity contribution in [3.05, 3.63) is 71.0 Å². The van der Waals surface area contributed by atoms with Crippen LogP contribution in [-0.4, -0.2) is 52.5 Å². The first-order valence-electron chi connectivity index (χ1n) is 11.9. The molecule has 36 heavy (non-hydrogen) atoms. The zero-order valence-electron chi connectivity index (χ0n) is 21.0. The molecule has 9 heteroatoms. The molecule has 4 rings (SSSR count). The van der Waals surface area contributed by atoms with Crippen molar-refractivity contribution in [1.29, 1.82) is 0 Å². The number of hydrogen-bond donors (Lipinski definition) is 1. The Labute approximate surface area is 216 Å². The highest BCUT2D eigenvalue weighted by Crippen LogP contribution is 2.33. The summed E-state index contributed by atoms with van der Waals surface area (Å²) < 4.78 is 12.5. The van der Waals surface area contributed by atoms with Gasteiger partial charge in [0.15, 0.2) is 0 Å². The second kappa shape index (κ2) is 10.6. The standard InChI is InChI=1S/C27H31ClN4O4/c1-27(2,3)36-26(34)31-15-13-18(14-16-31)24-23(17-29-32(24)21-9-5-19(28)6-10-21)25(33)30-20-7-11-22(35-4)12-8-20/h5-12,17-18H,13-16H2,1-4H3,(H,30,33). The maximum atomic E-state index is 13.4. The van der Waals surface area contributed by atoms with E-state index in [0.29, 0.717) is 48.0 Å². The second-order valence-corrected chi connectivity index (χ2v) is 10.2. The number of aromatic nitrogens is 2. The molecule has 0 saturated carbocycles. The highest BCUT2D eigenvalue weighted by atomic mass is 35.5. The van der Waals surface area contributed by atoms with Gasteiger partial charge in [-0.2, -0.15) is 5.10 Å². The number of anilines is 1. The SMILES string of the molecule is COc1ccc(NC(=O)c2cnn(-c3ccc(Cl)cc3)c2C2CCN(C(=O)OC(C)(C)C)CC2)cc1. The van der Waals surface area contributed by atoms with Gasteiger partial charge in [0.2, 0.25) is 0 Å². The minimum atomic E-state index is -0.548. The Kier molecular flexibility index (Phi) is 7.54. The number of carbonyl (C=O) groups is 2. The summed E-state index contributed by atoms with van der Waals surface area (Å²) in [6.07, 6.45) is 2.65. The zero-order chi connectivity index (χ0) is 25.9. The van der Waals surface area contributed by atoms with E-state index in [1.54, 1.807) is 59.3 Å². The van der Waals surface area contributed by atoms with Crippen molar-refractivity contribution in [3.63, 3.8) is 0 Å². The minimum Gasteiger partial charge on any atom is -0.497 e. The van der Waals surface area contributed by atoms with Gasteiger partial charge in [-0.25, -0.2) is 9.48 Å². The maximum Gasteiger partial charge on any atom is 0.410 e. The molecule has 0 atom stereocenters. The van der Waals surface area contributed by atoms with E-state index in [0.717, 1.165) is 11.4 Å². The predicted octanol–water partition coefficient (Wildman–Crippen LogP) is 5.90. The van der Waals surface area contributed by atoms with Crippen molar-refractivity contribution in [3.8, 4) is 11.4 Å². The van der Waals surface area contributed by atoms with E-state index in [4.69, 9.17) is 21.1 Å². The van der Waals surface area contributed by atoms with Crippen LogP contribution in [0.1, 0.15) is 55.6 Å². The molecule has 190 valence electrons. The number of carbonyl (C=O) groups excluding carboxylic acids is 2. The van der Waals surface area contributed by atoms with Crippen LogP contribution in [0.3, 0.4) is 0 Å². The maximum absolute atomic E-state index is 13.4. The van der Waals surface area contributed by atoms with Gasteiger partial charge in [0.1, 0.15) is 11.4 Å². The fourth-order valence-corrected chi connectivity index (χ4v) is 4.37. The van der Waals surface area contributed by atoms with Crippen LogP contribution in [0.15, 0.2) is 54.7 Å². The third-order valence-electron chi connectivity index (χ3n) is 6.00. The molecule has 3 aromatic rings. The quantitative estimate of drug-likeness (QED) is 0.461. The number of nitrogens with one attached hydrogen (secondary N) is 1. The molecule has 0 unspecified atom stereocenters. The molecule has 2 aromatic carbocycles. The van der Waals surface area contributed by atoms with E-state index in [1.165, 1.54) is 0 Å². The van der Waals surface area contributed by atoms with Gasteiger partial charge in [-0.05, 0) is 82.1 Å². The van der Waals surface area contributed by atoms with Gasteiger partial charge >= 0.3 is 6.09 Å². The molecule has 0 bridgehead atoms. The first-order chi connectivity index (χ1) is 17.1. The van der Waals surface area contributed by atoms with E-state index >= 15 is 0 Å². The van der Waals surface area contributed by atoms with Crippen molar-refractivity contribution in [2.75, 3.05) is 25.5 Å². The van der Waals surface area contributed by atoms with Crippen LogP contribution in [0.5, 0.6) is 5.75 Å². The van der Waals surface area contributed by atoms with E-state index in [2.05, 4.69) is 10.4 Å². The lowest BCUT2D eigenvalue weighted by Crippen LogP contribution is -2.41. The zero-order valence-corrected chi connectivity index (χ0v) is 21.7. The molecule has 2 heterocycles. The van der Waals surface area contributed by atoms with E-state index in [1.807, 2.05) is 32.9 Å². The summed E-state index contributed by atoms with van der Waals surface area (Å²) >= 11 is 6.09. The largest absolute Gasteiger partial charge is 0.497 e. The number of hydrogen-bond acceptors (Lipinski definition) is 5. The molecule has 1 aliphatic heterocycles. The molecule has 1 N–H and O–H groups in total. The molecule has 1 aliphatic rings. The lowest BCUT2D eigenvalue weighted by atomic mass is 9.90. The van der Waals surface area contributed by atoms with Crippen molar-refractivity contribution >= 4 is 29.3 Å². The van der Waals surface area contributed by atoms with Gasteiger partial charge in [0.05, 0.1) is 30.3 Å². The third-order valence-corrected chi connectivity index (χ3v) is 6.26. The Balaban J connectivity index is 1.60. The van der Waals surface area contributed by atoms with Crippen molar-refractivity contribution < 1.29 is 19.1 Å². The van der Waals surface area contributed by atoms with Crippen LogP contribution in [-0.2, 0) is 4.74 Å².